The van der Waals surface area contributed by atoms with Crippen molar-refractivity contribution in [2.24, 2.45) is 0 Å². The Morgan fingerprint density at radius 1 is 1.25 bits per heavy atom. The minimum atomic E-state index is 0.336. The topological polar surface area (TPSA) is 75.2 Å². The average Bonchev–Trinajstić information content (AvgIpc) is 3.38. The predicted molar refractivity (Wildman–Crippen MR) is 111 cm³/mol. The number of ether oxygens (including phenoxy) is 1. The summed E-state index contributed by atoms with van der Waals surface area (Å²) < 4.78 is 7.31. The molecule has 0 radical (unpaired) electrons. The van der Waals surface area contributed by atoms with Crippen molar-refractivity contribution < 1.29 is 4.74 Å². The molecule has 146 valence electrons. The van der Waals surface area contributed by atoms with E-state index in [-0.39, 0.29) is 0 Å². The van der Waals surface area contributed by atoms with Crippen LogP contribution in [0.2, 0.25) is 0 Å². The molecule has 1 aliphatic rings. The second-order valence-corrected chi connectivity index (χ2v) is 6.93. The Morgan fingerprint density at radius 3 is 2.75 bits per heavy atom. The first kappa shape index (κ1) is 19.8. The number of aromatic nitrogens is 3. The maximum absolute atomic E-state index is 9.05. The van der Waals surface area contributed by atoms with Gasteiger partial charge in [-0.15, -0.1) is 0 Å². The van der Waals surface area contributed by atoms with Crippen LogP contribution in [-0.4, -0.2) is 33.9 Å². The zero-order valence-corrected chi connectivity index (χ0v) is 16.9. The highest BCUT2D eigenvalue weighted by molar-refractivity contribution is 5.69. The number of nitrogens with zero attached hydrogens (tertiary/aromatic N) is 4. The molecule has 1 aliphatic heterocycles. The zero-order valence-electron chi connectivity index (χ0n) is 16.9. The molecule has 0 bridgehead atoms. The first-order valence-corrected chi connectivity index (χ1v) is 9.88. The molecule has 1 saturated heterocycles. The standard InChI is InChI=1S/C20H21N5O.C2H6/c1-13(2)17-11-22-19(8-18(17)24-15-5-6-26-12-15)20-4-3-16-7-14(9-21)10-23-25(16)20;1-2/h3-4,7-8,10-11,13,15H,5-6,12H2,1-2H3,(H,22,24);1-2H3. The molecule has 1 atom stereocenters. The molecule has 0 aromatic carbocycles. The predicted octanol–water partition coefficient (Wildman–Crippen LogP) is 4.62. The molecular formula is C22H27N5O. The SMILES string of the molecule is CC.CC(C)c1cnc(-c2ccc3cc(C#N)cnn23)cc1NC1CCOC1. The van der Waals surface area contributed by atoms with E-state index in [1.54, 1.807) is 6.20 Å². The Morgan fingerprint density at radius 2 is 2.07 bits per heavy atom. The van der Waals surface area contributed by atoms with Gasteiger partial charge in [-0.3, -0.25) is 4.98 Å². The fraction of sp³-hybridized carbons (Fsp3) is 0.409. The fourth-order valence-corrected chi connectivity index (χ4v) is 3.31. The highest BCUT2D eigenvalue weighted by Gasteiger charge is 2.19. The van der Waals surface area contributed by atoms with Crippen LogP contribution in [-0.2, 0) is 4.74 Å². The van der Waals surface area contributed by atoms with E-state index >= 15 is 0 Å². The Labute approximate surface area is 166 Å². The summed E-state index contributed by atoms with van der Waals surface area (Å²) in [6, 6.07) is 10.3. The van der Waals surface area contributed by atoms with Crippen LogP contribution in [0.25, 0.3) is 16.9 Å². The smallest absolute Gasteiger partial charge is 0.101 e. The molecule has 1 fully saturated rings. The zero-order chi connectivity index (χ0) is 20.1. The van der Waals surface area contributed by atoms with Crippen molar-refractivity contribution in [3.8, 4) is 17.5 Å². The molecule has 0 saturated carbocycles. The van der Waals surface area contributed by atoms with Crippen molar-refractivity contribution in [2.75, 3.05) is 18.5 Å². The van der Waals surface area contributed by atoms with Crippen molar-refractivity contribution in [3.63, 3.8) is 0 Å². The lowest BCUT2D eigenvalue weighted by atomic mass is 10.0. The Hall–Kier alpha value is -2.91. The Bertz CT molecular complexity index is 980. The van der Waals surface area contributed by atoms with E-state index in [0.717, 1.165) is 42.2 Å². The minimum absolute atomic E-state index is 0.336. The molecule has 4 heterocycles. The maximum Gasteiger partial charge on any atom is 0.101 e. The first-order chi connectivity index (χ1) is 13.7. The molecule has 6 nitrogen and oxygen atoms in total. The summed E-state index contributed by atoms with van der Waals surface area (Å²) in [5.41, 5.74) is 5.49. The number of anilines is 1. The van der Waals surface area contributed by atoms with Gasteiger partial charge in [0.25, 0.3) is 0 Å². The normalized spacial score (nSPS) is 15.9. The number of pyridine rings is 1. The van der Waals surface area contributed by atoms with E-state index in [2.05, 4.69) is 41.4 Å². The molecule has 1 unspecified atom stereocenters. The largest absolute Gasteiger partial charge is 0.380 e. The van der Waals surface area contributed by atoms with Gasteiger partial charge in [0, 0.05) is 18.5 Å². The van der Waals surface area contributed by atoms with Crippen molar-refractivity contribution in [2.45, 2.75) is 46.1 Å². The number of rotatable bonds is 4. The van der Waals surface area contributed by atoms with E-state index in [1.165, 1.54) is 5.56 Å². The first-order valence-electron chi connectivity index (χ1n) is 9.88. The summed E-state index contributed by atoms with van der Waals surface area (Å²) >= 11 is 0. The van der Waals surface area contributed by atoms with Gasteiger partial charge in [-0.1, -0.05) is 27.7 Å². The van der Waals surface area contributed by atoms with Crippen LogP contribution >= 0.6 is 0 Å². The highest BCUT2D eigenvalue weighted by Crippen LogP contribution is 2.30. The molecule has 28 heavy (non-hydrogen) atoms. The van der Waals surface area contributed by atoms with Gasteiger partial charge in [-0.2, -0.15) is 10.4 Å². The second-order valence-electron chi connectivity index (χ2n) is 6.93. The number of hydrogen-bond acceptors (Lipinski definition) is 5. The van der Waals surface area contributed by atoms with Crippen LogP contribution in [0, 0.1) is 11.3 Å². The lowest BCUT2D eigenvalue weighted by Gasteiger charge is -2.19. The number of nitriles is 1. The molecule has 1 N–H and O–H groups in total. The van der Waals surface area contributed by atoms with E-state index in [9.17, 15) is 0 Å². The molecule has 0 amide bonds. The van der Waals surface area contributed by atoms with E-state index < -0.39 is 0 Å². The van der Waals surface area contributed by atoms with Crippen molar-refractivity contribution in [1.82, 2.24) is 14.6 Å². The van der Waals surface area contributed by atoms with E-state index in [1.807, 2.05) is 42.8 Å². The van der Waals surface area contributed by atoms with Crippen molar-refractivity contribution in [1.29, 1.82) is 5.26 Å². The van der Waals surface area contributed by atoms with Gasteiger partial charge in [0.2, 0.25) is 0 Å². The Balaban J connectivity index is 0.00000109. The lowest BCUT2D eigenvalue weighted by Crippen LogP contribution is -2.20. The fourth-order valence-electron chi connectivity index (χ4n) is 3.31. The third-order valence-corrected chi connectivity index (χ3v) is 4.74. The number of fused-ring (bicyclic) bond motifs is 1. The van der Waals surface area contributed by atoms with Crippen LogP contribution in [0.3, 0.4) is 0 Å². The van der Waals surface area contributed by atoms with Gasteiger partial charge >= 0.3 is 0 Å². The number of nitrogens with one attached hydrogen (secondary N) is 1. The maximum atomic E-state index is 9.05. The van der Waals surface area contributed by atoms with Gasteiger partial charge in [0.1, 0.15) is 6.07 Å². The average molecular weight is 377 g/mol. The molecule has 4 rings (SSSR count). The minimum Gasteiger partial charge on any atom is -0.380 e. The second kappa shape index (κ2) is 8.85. The molecule has 3 aromatic rings. The van der Waals surface area contributed by atoms with Gasteiger partial charge in [0.15, 0.2) is 0 Å². The van der Waals surface area contributed by atoms with Crippen LogP contribution < -0.4 is 5.32 Å². The van der Waals surface area contributed by atoms with Crippen LogP contribution in [0.4, 0.5) is 5.69 Å². The molecule has 0 spiro atoms. The molecule has 0 aliphatic carbocycles. The summed E-state index contributed by atoms with van der Waals surface area (Å²) in [4.78, 5) is 4.67. The Kier molecular flexibility index (Phi) is 6.27. The van der Waals surface area contributed by atoms with Gasteiger partial charge in [-0.25, -0.2) is 4.52 Å². The lowest BCUT2D eigenvalue weighted by molar-refractivity contribution is 0.195. The van der Waals surface area contributed by atoms with Crippen molar-refractivity contribution >= 4 is 11.2 Å². The quantitative estimate of drug-likeness (QED) is 0.718. The summed E-state index contributed by atoms with van der Waals surface area (Å²) in [6.07, 6.45) is 4.54. The van der Waals surface area contributed by atoms with E-state index in [0.29, 0.717) is 17.5 Å². The van der Waals surface area contributed by atoms with Crippen LogP contribution in [0.1, 0.15) is 51.2 Å². The molecular weight excluding hydrogens is 350 g/mol. The van der Waals surface area contributed by atoms with Crippen LogP contribution in [0.15, 0.2) is 36.7 Å². The summed E-state index contributed by atoms with van der Waals surface area (Å²) in [5.74, 6) is 0.377. The number of hydrogen-bond donors (Lipinski definition) is 1. The summed E-state index contributed by atoms with van der Waals surface area (Å²) in [6.45, 7) is 9.89. The van der Waals surface area contributed by atoms with Gasteiger partial charge in [0.05, 0.1) is 41.3 Å². The highest BCUT2D eigenvalue weighted by atomic mass is 16.5. The van der Waals surface area contributed by atoms with Gasteiger partial charge < -0.3 is 10.1 Å². The third-order valence-electron chi connectivity index (χ3n) is 4.74. The summed E-state index contributed by atoms with van der Waals surface area (Å²) in [5, 5.41) is 17.1. The van der Waals surface area contributed by atoms with E-state index in [4.69, 9.17) is 10.00 Å². The third kappa shape index (κ3) is 4.00. The monoisotopic (exact) mass is 377 g/mol. The molecule has 3 aromatic heterocycles. The van der Waals surface area contributed by atoms with Crippen molar-refractivity contribution in [3.05, 3.63) is 47.8 Å². The molecule has 6 heteroatoms. The van der Waals surface area contributed by atoms with Gasteiger partial charge in [-0.05, 0) is 42.2 Å². The van der Waals surface area contributed by atoms with Crippen LogP contribution in [0.5, 0.6) is 0 Å². The summed E-state index contributed by atoms with van der Waals surface area (Å²) in [7, 11) is 0.